The molecule has 0 aliphatic rings. The van der Waals surface area contributed by atoms with Gasteiger partial charge in [-0.15, -0.1) is 0 Å². The van der Waals surface area contributed by atoms with E-state index in [1.54, 1.807) is 6.07 Å². The van der Waals surface area contributed by atoms with Crippen LogP contribution < -0.4 is 0 Å². The molecule has 0 bridgehead atoms. The van der Waals surface area contributed by atoms with Gasteiger partial charge in [0.05, 0.1) is 12.7 Å². The molecule has 1 rings (SSSR count). The summed E-state index contributed by atoms with van der Waals surface area (Å²) in [6, 6.07) is 5.59. The maximum absolute atomic E-state index is 11.2. The lowest BCUT2D eigenvalue weighted by molar-refractivity contribution is 0.0600. The molecule has 0 fully saturated rings. The highest BCUT2D eigenvalue weighted by atomic mass is 79.9. The Labute approximate surface area is 86.0 Å². The number of methoxy groups -OCH3 is 1. The molecule has 0 amide bonds. The van der Waals surface area contributed by atoms with Gasteiger partial charge in [-0.2, -0.15) is 0 Å². The minimum atomic E-state index is -0.295. The molecule has 70 valence electrons. The van der Waals surface area contributed by atoms with Crippen LogP contribution in [0, 0.1) is 0 Å². The van der Waals surface area contributed by atoms with Crippen LogP contribution in [0.25, 0.3) is 0 Å². The summed E-state index contributed by atoms with van der Waals surface area (Å²) in [5, 5.41) is 0. The minimum absolute atomic E-state index is 0.295. The quantitative estimate of drug-likeness (QED) is 0.746. The topological polar surface area (TPSA) is 26.3 Å². The van der Waals surface area contributed by atoms with Gasteiger partial charge in [-0.25, -0.2) is 4.79 Å². The first-order chi connectivity index (χ1) is 6.17. The van der Waals surface area contributed by atoms with E-state index in [2.05, 4.69) is 20.7 Å². The fourth-order valence-corrected chi connectivity index (χ4v) is 1.63. The van der Waals surface area contributed by atoms with Crippen molar-refractivity contribution in [3.63, 3.8) is 0 Å². The van der Waals surface area contributed by atoms with Crippen molar-refractivity contribution in [2.75, 3.05) is 7.11 Å². The normalized spacial score (nSPS) is 9.77. The lowest BCUT2D eigenvalue weighted by atomic mass is 10.1. The molecule has 0 heterocycles. The first-order valence-electron chi connectivity index (χ1n) is 4.05. The maximum Gasteiger partial charge on any atom is 0.337 e. The predicted octanol–water partition coefficient (Wildman–Crippen LogP) is 2.80. The van der Waals surface area contributed by atoms with Crippen LogP contribution in [0.2, 0.25) is 0 Å². The van der Waals surface area contributed by atoms with Gasteiger partial charge in [0.25, 0.3) is 0 Å². The number of hydrogen-bond donors (Lipinski definition) is 0. The Kier molecular flexibility index (Phi) is 3.48. The maximum atomic E-state index is 11.2. The van der Waals surface area contributed by atoms with Crippen molar-refractivity contribution < 1.29 is 9.53 Å². The molecule has 0 aliphatic carbocycles. The highest BCUT2D eigenvalue weighted by Gasteiger charge is 2.06. The number of rotatable bonds is 2. The van der Waals surface area contributed by atoms with E-state index in [9.17, 15) is 4.79 Å². The Morgan fingerprint density at radius 2 is 2.15 bits per heavy atom. The van der Waals surface area contributed by atoms with E-state index < -0.39 is 0 Å². The highest BCUT2D eigenvalue weighted by molar-refractivity contribution is 9.10. The molecule has 0 N–H and O–H groups in total. The molecule has 1 aromatic rings. The Morgan fingerprint density at radius 1 is 1.46 bits per heavy atom. The average molecular weight is 243 g/mol. The third kappa shape index (κ3) is 2.56. The van der Waals surface area contributed by atoms with Crippen LogP contribution in [-0.2, 0) is 11.2 Å². The van der Waals surface area contributed by atoms with E-state index in [1.807, 2.05) is 19.1 Å². The number of carbonyl (C=O) groups excluding carboxylic acids is 1. The molecule has 2 nitrogen and oxygen atoms in total. The molecule has 0 aromatic heterocycles. The average Bonchev–Trinajstić information content (AvgIpc) is 2.15. The monoisotopic (exact) mass is 242 g/mol. The molecule has 3 heteroatoms. The lowest BCUT2D eigenvalue weighted by Gasteiger charge is -2.03. The Bertz CT molecular complexity index is 321. The molecule has 0 spiro atoms. The van der Waals surface area contributed by atoms with Crippen molar-refractivity contribution in [1.29, 1.82) is 0 Å². The summed E-state index contributed by atoms with van der Waals surface area (Å²) in [7, 11) is 1.38. The van der Waals surface area contributed by atoms with E-state index in [1.165, 1.54) is 7.11 Å². The molecular formula is C10H11BrO2. The number of halogens is 1. The van der Waals surface area contributed by atoms with E-state index in [4.69, 9.17) is 0 Å². The molecule has 0 unspecified atom stereocenters. The van der Waals surface area contributed by atoms with E-state index in [-0.39, 0.29) is 5.97 Å². The Morgan fingerprint density at radius 3 is 2.69 bits per heavy atom. The zero-order chi connectivity index (χ0) is 9.84. The Balaban J connectivity index is 3.08. The molecule has 0 atom stereocenters. The number of benzene rings is 1. The van der Waals surface area contributed by atoms with Gasteiger partial charge in [0.15, 0.2) is 0 Å². The molecule has 0 aliphatic heterocycles. The second kappa shape index (κ2) is 4.42. The van der Waals surface area contributed by atoms with Gasteiger partial charge in [-0.1, -0.05) is 22.9 Å². The number of ether oxygens (including phenoxy) is 1. The van der Waals surface area contributed by atoms with Crippen molar-refractivity contribution in [2.45, 2.75) is 13.3 Å². The molecule has 13 heavy (non-hydrogen) atoms. The Hall–Kier alpha value is -0.830. The zero-order valence-corrected chi connectivity index (χ0v) is 9.22. The van der Waals surface area contributed by atoms with Gasteiger partial charge in [-0.3, -0.25) is 0 Å². The van der Waals surface area contributed by atoms with Crippen LogP contribution in [-0.4, -0.2) is 13.1 Å². The number of hydrogen-bond acceptors (Lipinski definition) is 2. The van der Waals surface area contributed by atoms with Crippen LogP contribution >= 0.6 is 15.9 Å². The van der Waals surface area contributed by atoms with Gasteiger partial charge in [0, 0.05) is 4.47 Å². The lowest BCUT2D eigenvalue weighted by Crippen LogP contribution is -2.01. The summed E-state index contributed by atoms with van der Waals surface area (Å²) in [5.41, 5.74) is 1.71. The van der Waals surface area contributed by atoms with Gasteiger partial charge < -0.3 is 4.74 Å². The first kappa shape index (κ1) is 10.3. The van der Waals surface area contributed by atoms with Crippen molar-refractivity contribution in [1.82, 2.24) is 0 Å². The van der Waals surface area contributed by atoms with Gasteiger partial charge in [0.2, 0.25) is 0 Å². The van der Waals surface area contributed by atoms with Crippen LogP contribution in [0.1, 0.15) is 22.8 Å². The summed E-state index contributed by atoms with van der Waals surface area (Å²) in [6.45, 7) is 2.04. The second-order valence-electron chi connectivity index (χ2n) is 2.69. The summed E-state index contributed by atoms with van der Waals surface area (Å²) in [4.78, 5) is 11.2. The summed E-state index contributed by atoms with van der Waals surface area (Å²) < 4.78 is 5.54. The number of aryl methyl sites for hydroxylation is 1. The minimum Gasteiger partial charge on any atom is -0.465 e. The van der Waals surface area contributed by atoms with E-state index >= 15 is 0 Å². The first-order valence-corrected chi connectivity index (χ1v) is 4.84. The largest absolute Gasteiger partial charge is 0.465 e. The fraction of sp³-hybridized carbons (Fsp3) is 0.300. The van der Waals surface area contributed by atoms with Crippen LogP contribution in [0.5, 0.6) is 0 Å². The van der Waals surface area contributed by atoms with Gasteiger partial charge >= 0.3 is 5.97 Å². The standard InChI is InChI=1S/C10H11BrO2/c1-3-7-4-8(10(12)13-2)6-9(11)5-7/h4-6H,3H2,1-2H3. The van der Waals surface area contributed by atoms with Crippen molar-refractivity contribution >= 4 is 21.9 Å². The highest BCUT2D eigenvalue weighted by Crippen LogP contribution is 2.16. The third-order valence-electron chi connectivity index (χ3n) is 1.79. The van der Waals surface area contributed by atoms with Gasteiger partial charge in [-0.05, 0) is 30.2 Å². The smallest absolute Gasteiger partial charge is 0.337 e. The van der Waals surface area contributed by atoms with Crippen LogP contribution in [0.4, 0.5) is 0 Å². The second-order valence-corrected chi connectivity index (χ2v) is 3.61. The van der Waals surface area contributed by atoms with Crippen molar-refractivity contribution in [3.8, 4) is 0 Å². The SMILES string of the molecule is CCc1cc(Br)cc(C(=O)OC)c1. The van der Waals surface area contributed by atoms with E-state index in [0.29, 0.717) is 5.56 Å². The molecule has 0 saturated heterocycles. The van der Waals surface area contributed by atoms with Crippen molar-refractivity contribution in [3.05, 3.63) is 33.8 Å². The molecule has 1 aromatic carbocycles. The summed E-state index contributed by atoms with van der Waals surface area (Å²) >= 11 is 3.34. The van der Waals surface area contributed by atoms with Crippen molar-refractivity contribution in [2.24, 2.45) is 0 Å². The number of carbonyl (C=O) groups is 1. The molecular weight excluding hydrogens is 232 g/mol. The van der Waals surface area contributed by atoms with Crippen LogP contribution in [0.3, 0.4) is 0 Å². The summed E-state index contributed by atoms with van der Waals surface area (Å²) in [5.74, 6) is -0.295. The zero-order valence-electron chi connectivity index (χ0n) is 7.63. The summed E-state index contributed by atoms with van der Waals surface area (Å²) in [6.07, 6.45) is 0.906. The van der Waals surface area contributed by atoms with Gasteiger partial charge in [0.1, 0.15) is 0 Å². The van der Waals surface area contributed by atoms with E-state index in [0.717, 1.165) is 16.5 Å². The molecule has 0 saturated carbocycles. The van der Waals surface area contributed by atoms with Crippen LogP contribution in [0.15, 0.2) is 22.7 Å². The predicted molar refractivity (Wildman–Crippen MR) is 54.9 cm³/mol. The number of esters is 1. The third-order valence-corrected chi connectivity index (χ3v) is 2.24. The molecule has 0 radical (unpaired) electrons. The fourth-order valence-electron chi connectivity index (χ4n) is 1.09.